The van der Waals surface area contributed by atoms with Crippen molar-refractivity contribution in [3.05, 3.63) is 76.9 Å². The maximum Gasteiger partial charge on any atom is 0.351 e. The summed E-state index contributed by atoms with van der Waals surface area (Å²) in [7, 11) is 2.76. The molecule has 0 spiro atoms. The molecule has 0 aliphatic heterocycles. The lowest BCUT2D eigenvalue weighted by molar-refractivity contribution is 0.634. The minimum Gasteiger partial charge on any atom is -0.302 e. The van der Waals surface area contributed by atoms with Gasteiger partial charge in [-0.05, 0) is 37.1 Å². The first kappa shape index (κ1) is 17.3. The number of nitrogens with one attached hydrogen (secondary N) is 1. The zero-order valence-electron chi connectivity index (χ0n) is 14.7. The quantitative estimate of drug-likeness (QED) is 0.629. The third-order valence-corrected chi connectivity index (χ3v) is 4.27. The van der Waals surface area contributed by atoms with Crippen molar-refractivity contribution in [2.45, 2.75) is 13.8 Å². The number of nitrogens with zero attached hydrogens (tertiary/aromatic N) is 4. The predicted octanol–water partition coefficient (Wildman–Crippen LogP) is -0.398. The molecule has 9 nitrogen and oxygen atoms in total. The van der Waals surface area contributed by atoms with Gasteiger partial charge in [-0.3, -0.25) is 19.1 Å². The van der Waals surface area contributed by atoms with Crippen LogP contribution in [0.5, 0.6) is 0 Å². The maximum absolute atomic E-state index is 12.9. The van der Waals surface area contributed by atoms with Crippen molar-refractivity contribution < 1.29 is 0 Å². The summed E-state index contributed by atoms with van der Waals surface area (Å²) >= 11 is 0. The lowest BCUT2D eigenvalue weighted by Gasteiger charge is -2.11. The third kappa shape index (κ3) is 2.63. The van der Waals surface area contributed by atoms with Gasteiger partial charge in [0.05, 0.1) is 11.3 Å². The van der Waals surface area contributed by atoms with E-state index in [0.29, 0.717) is 5.69 Å². The van der Waals surface area contributed by atoms with Gasteiger partial charge in [0.25, 0.3) is 11.0 Å². The first-order valence-corrected chi connectivity index (χ1v) is 7.79. The molecule has 0 aliphatic rings. The summed E-state index contributed by atoms with van der Waals surface area (Å²) in [5.74, 6) is 0. The number of rotatable bonds is 2. The van der Waals surface area contributed by atoms with Crippen molar-refractivity contribution in [3.8, 4) is 16.9 Å². The monoisotopic (exact) mass is 355 g/mol. The van der Waals surface area contributed by atoms with E-state index in [1.165, 1.54) is 20.3 Å². The van der Waals surface area contributed by atoms with Crippen LogP contribution in [-0.4, -0.2) is 24.1 Å². The molecule has 3 rings (SSSR count). The highest BCUT2D eigenvalue weighted by molar-refractivity contribution is 5.56. The molecular formula is C17H17N5O4. The third-order valence-electron chi connectivity index (χ3n) is 4.27. The molecule has 3 aromatic rings. The summed E-state index contributed by atoms with van der Waals surface area (Å²) in [5, 5.41) is 6.48. The summed E-state index contributed by atoms with van der Waals surface area (Å²) in [6.07, 6.45) is 1.22. The summed E-state index contributed by atoms with van der Waals surface area (Å²) < 4.78 is 2.89. The number of hydrogen-bond donors (Lipinski definition) is 1. The molecule has 0 fully saturated rings. The lowest BCUT2D eigenvalue weighted by atomic mass is 10.1. The second-order valence-electron chi connectivity index (χ2n) is 6.04. The first-order chi connectivity index (χ1) is 12.2. The van der Waals surface area contributed by atoms with Crippen LogP contribution in [0.15, 0.2) is 43.6 Å². The van der Waals surface area contributed by atoms with Gasteiger partial charge in [0.1, 0.15) is 0 Å². The van der Waals surface area contributed by atoms with Gasteiger partial charge in [-0.25, -0.2) is 14.0 Å². The molecule has 0 amide bonds. The SMILES string of the molecule is Cc1ccc(-n2c(=O)c(-c3c[nH]n(C)c(=O)c3=O)nn(C)c2=O)cc1C. The van der Waals surface area contributed by atoms with E-state index in [1.54, 1.807) is 18.2 Å². The molecule has 0 radical (unpaired) electrons. The van der Waals surface area contributed by atoms with Gasteiger partial charge in [-0.1, -0.05) is 6.07 Å². The number of aromatic amines is 1. The maximum atomic E-state index is 12.9. The molecule has 1 N–H and O–H groups in total. The molecule has 26 heavy (non-hydrogen) atoms. The Hall–Kier alpha value is -3.49. The summed E-state index contributed by atoms with van der Waals surface area (Å²) in [4.78, 5) is 49.5. The van der Waals surface area contributed by atoms with Crippen molar-refractivity contribution in [1.82, 2.24) is 24.1 Å². The van der Waals surface area contributed by atoms with Gasteiger partial charge in [0, 0.05) is 20.3 Å². The first-order valence-electron chi connectivity index (χ1n) is 7.79. The Morgan fingerprint density at radius 3 is 2.31 bits per heavy atom. The highest BCUT2D eigenvalue weighted by atomic mass is 16.2. The molecule has 0 unspecified atom stereocenters. The topological polar surface area (TPSA) is 112 Å². The largest absolute Gasteiger partial charge is 0.351 e. The molecule has 1 aromatic carbocycles. The fourth-order valence-corrected chi connectivity index (χ4v) is 2.56. The van der Waals surface area contributed by atoms with Crippen LogP contribution in [0.2, 0.25) is 0 Å². The fourth-order valence-electron chi connectivity index (χ4n) is 2.56. The predicted molar refractivity (Wildman–Crippen MR) is 95.8 cm³/mol. The van der Waals surface area contributed by atoms with Crippen LogP contribution >= 0.6 is 0 Å². The van der Waals surface area contributed by atoms with E-state index >= 15 is 0 Å². The zero-order valence-corrected chi connectivity index (χ0v) is 14.7. The second kappa shape index (κ2) is 6.10. The molecular weight excluding hydrogens is 338 g/mol. The molecule has 9 heteroatoms. The number of hydrogen-bond acceptors (Lipinski definition) is 5. The van der Waals surface area contributed by atoms with Gasteiger partial charge in [0.2, 0.25) is 0 Å². The van der Waals surface area contributed by atoms with E-state index < -0.39 is 22.2 Å². The van der Waals surface area contributed by atoms with Crippen LogP contribution in [0.3, 0.4) is 0 Å². The Balaban J connectivity index is 2.40. The second-order valence-corrected chi connectivity index (χ2v) is 6.04. The van der Waals surface area contributed by atoms with Gasteiger partial charge in [-0.15, -0.1) is 0 Å². The van der Waals surface area contributed by atoms with Crippen molar-refractivity contribution in [1.29, 1.82) is 0 Å². The Morgan fingerprint density at radius 2 is 1.65 bits per heavy atom. The number of H-pyrrole nitrogens is 1. The van der Waals surface area contributed by atoms with Crippen LogP contribution in [0, 0.1) is 13.8 Å². The van der Waals surface area contributed by atoms with Gasteiger partial charge in [-0.2, -0.15) is 5.10 Å². The molecule has 0 saturated heterocycles. The van der Waals surface area contributed by atoms with Crippen molar-refractivity contribution >= 4 is 0 Å². The van der Waals surface area contributed by atoms with Crippen molar-refractivity contribution in [2.75, 3.05) is 0 Å². The van der Waals surface area contributed by atoms with E-state index in [9.17, 15) is 19.2 Å². The molecule has 2 heterocycles. The van der Waals surface area contributed by atoms with E-state index in [-0.39, 0.29) is 11.3 Å². The Kier molecular flexibility index (Phi) is 4.07. The minimum atomic E-state index is -0.874. The van der Waals surface area contributed by atoms with Gasteiger partial charge < -0.3 is 5.10 Å². The van der Waals surface area contributed by atoms with Crippen LogP contribution in [0.25, 0.3) is 16.9 Å². The molecule has 0 aliphatic carbocycles. The van der Waals surface area contributed by atoms with E-state index in [2.05, 4.69) is 10.2 Å². The standard InChI is InChI=1S/C17H17N5O4/c1-9-5-6-11(7-10(9)2)22-15(24)13(19-21(4)17(22)26)12-8-18-20(3)16(25)14(12)23/h5-8,18H,1-4H3. The average Bonchev–Trinajstić information content (AvgIpc) is 2.60. The van der Waals surface area contributed by atoms with E-state index in [0.717, 1.165) is 25.1 Å². The lowest BCUT2D eigenvalue weighted by Crippen LogP contribution is -2.42. The van der Waals surface area contributed by atoms with Crippen LogP contribution < -0.4 is 22.2 Å². The Bertz CT molecular complexity index is 1260. The summed E-state index contributed by atoms with van der Waals surface area (Å²) in [6.45, 7) is 3.78. The van der Waals surface area contributed by atoms with Crippen molar-refractivity contribution in [2.24, 2.45) is 14.1 Å². The van der Waals surface area contributed by atoms with Crippen LogP contribution in [0.4, 0.5) is 0 Å². The van der Waals surface area contributed by atoms with E-state index in [4.69, 9.17) is 0 Å². The fraction of sp³-hybridized carbons (Fsp3) is 0.235. The normalized spacial score (nSPS) is 10.9. The number of aromatic nitrogens is 5. The van der Waals surface area contributed by atoms with Gasteiger partial charge in [0.15, 0.2) is 5.69 Å². The minimum absolute atomic E-state index is 0.189. The molecule has 0 bridgehead atoms. The van der Waals surface area contributed by atoms with Crippen molar-refractivity contribution in [3.63, 3.8) is 0 Å². The zero-order chi connectivity index (χ0) is 19.2. The summed E-state index contributed by atoms with van der Waals surface area (Å²) in [6, 6.07) is 5.14. The van der Waals surface area contributed by atoms with Gasteiger partial charge >= 0.3 is 11.2 Å². The molecule has 134 valence electrons. The van der Waals surface area contributed by atoms with Crippen LogP contribution in [0.1, 0.15) is 11.1 Å². The average molecular weight is 355 g/mol. The Labute approximate surface area is 146 Å². The summed E-state index contributed by atoms with van der Waals surface area (Å²) in [5.41, 5.74) is -1.30. The highest BCUT2D eigenvalue weighted by Gasteiger charge is 2.19. The number of benzene rings is 1. The molecule has 0 atom stereocenters. The smallest absolute Gasteiger partial charge is 0.302 e. The Morgan fingerprint density at radius 1 is 0.962 bits per heavy atom. The molecule has 2 aromatic heterocycles. The van der Waals surface area contributed by atoms with E-state index in [1.807, 2.05) is 13.8 Å². The molecule has 0 saturated carbocycles. The van der Waals surface area contributed by atoms with Crippen LogP contribution in [-0.2, 0) is 14.1 Å². The number of aryl methyl sites for hydroxylation is 4. The highest BCUT2D eigenvalue weighted by Crippen LogP contribution is 2.12.